The third kappa shape index (κ3) is 2.91. The molecule has 8 nitrogen and oxygen atoms in total. The van der Waals surface area contributed by atoms with E-state index in [9.17, 15) is 9.59 Å². The highest BCUT2D eigenvalue weighted by Gasteiger charge is 2.18. The van der Waals surface area contributed by atoms with Crippen LogP contribution >= 0.6 is 11.6 Å². The Labute approximate surface area is 164 Å². The van der Waals surface area contributed by atoms with Gasteiger partial charge in [0.15, 0.2) is 11.2 Å². The van der Waals surface area contributed by atoms with Crippen LogP contribution in [0.3, 0.4) is 0 Å². The number of hydrogen-bond acceptors (Lipinski definition) is 5. The summed E-state index contributed by atoms with van der Waals surface area (Å²) in [5, 5.41) is 13.5. The molecule has 1 N–H and O–H groups in total. The van der Waals surface area contributed by atoms with Crippen LogP contribution in [0.25, 0.3) is 27.8 Å². The molecule has 3 aromatic heterocycles. The number of nitrogens with one attached hydrogen (secondary N) is 1. The van der Waals surface area contributed by atoms with Gasteiger partial charge in [-0.1, -0.05) is 37.6 Å². The molecule has 0 aliphatic heterocycles. The number of benzene rings is 1. The number of pyridine rings is 1. The van der Waals surface area contributed by atoms with Gasteiger partial charge in [0.2, 0.25) is 5.91 Å². The van der Waals surface area contributed by atoms with Gasteiger partial charge in [-0.25, -0.2) is 9.19 Å². The second-order valence-corrected chi connectivity index (χ2v) is 7.19. The molecule has 1 aromatic carbocycles. The second-order valence-electron chi connectivity index (χ2n) is 6.76. The van der Waals surface area contributed by atoms with E-state index in [1.165, 1.54) is 6.20 Å². The molecule has 0 fully saturated rings. The molecule has 1 amide bonds. The van der Waals surface area contributed by atoms with Gasteiger partial charge in [-0.3, -0.25) is 15.0 Å². The smallest absolute Gasteiger partial charge is 0.273 e. The van der Waals surface area contributed by atoms with Crippen molar-refractivity contribution in [3.63, 3.8) is 0 Å². The lowest BCUT2D eigenvalue weighted by atomic mass is 10.1. The van der Waals surface area contributed by atoms with Gasteiger partial charge in [-0.05, 0) is 30.7 Å². The summed E-state index contributed by atoms with van der Waals surface area (Å²) in [5.74, 6) is -0.526. The van der Waals surface area contributed by atoms with E-state index in [2.05, 4.69) is 20.7 Å². The van der Waals surface area contributed by atoms with Crippen molar-refractivity contribution in [3.8, 4) is 11.1 Å². The minimum absolute atomic E-state index is 0.115. The molecule has 0 bridgehead atoms. The number of fused-ring (bicyclic) bond motifs is 3. The van der Waals surface area contributed by atoms with Crippen molar-refractivity contribution in [1.29, 1.82) is 0 Å². The molecule has 0 aliphatic carbocycles. The first-order valence-corrected chi connectivity index (χ1v) is 9.09. The molecule has 142 valence electrons. The molecule has 0 saturated carbocycles. The summed E-state index contributed by atoms with van der Waals surface area (Å²) in [4.78, 5) is 24.6. The Kier molecular flexibility index (Phi) is 4.35. The molecule has 0 radical (unpaired) electrons. The summed E-state index contributed by atoms with van der Waals surface area (Å²) >= 11 is 5.98. The summed E-state index contributed by atoms with van der Waals surface area (Å²) in [7, 11) is 0. The van der Waals surface area contributed by atoms with Crippen LogP contribution in [0.4, 0.5) is 0 Å². The maximum atomic E-state index is 12.7. The molecular formula is C19H17ClN6O2. The number of amides is 1. The lowest BCUT2D eigenvalue weighted by molar-refractivity contribution is -0.119. The standard InChI is InChI=1S/C19H17ClN6O2/c1-10(2)18(27)24-25-9-8-14-16(19(25)28)21-22-17-15(11(3)23-26(14)17)12-4-6-13(20)7-5-12/h4-10H,1-3H3,(H,24,27). The zero-order valence-electron chi connectivity index (χ0n) is 15.5. The average Bonchev–Trinajstić information content (AvgIpc) is 3.00. The lowest BCUT2D eigenvalue weighted by Gasteiger charge is -2.10. The molecule has 0 spiro atoms. The van der Waals surface area contributed by atoms with E-state index in [1.807, 2.05) is 19.1 Å². The van der Waals surface area contributed by atoms with Crippen LogP contribution in [0, 0.1) is 12.8 Å². The van der Waals surface area contributed by atoms with Crippen molar-refractivity contribution in [2.75, 3.05) is 5.43 Å². The molecule has 9 heteroatoms. The van der Waals surface area contributed by atoms with Crippen LogP contribution in [-0.2, 0) is 4.79 Å². The lowest BCUT2D eigenvalue weighted by Crippen LogP contribution is -2.35. The van der Waals surface area contributed by atoms with E-state index in [0.717, 1.165) is 21.5 Å². The van der Waals surface area contributed by atoms with Gasteiger partial charge < -0.3 is 0 Å². The van der Waals surface area contributed by atoms with E-state index in [-0.39, 0.29) is 17.3 Å². The number of carbonyl (C=O) groups is 1. The van der Waals surface area contributed by atoms with Gasteiger partial charge >= 0.3 is 0 Å². The fourth-order valence-electron chi connectivity index (χ4n) is 2.94. The van der Waals surface area contributed by atoms with E-state index in [0.29, 0.717) is 16.2 Å². The van der Waals surface area contributed by atoms with E-state index in [4.69, 9.17) is 11.6 Å². The van der Waals surface area contributed by atoms with E-state index in [1.54, 1.807) is 36.6 Å². The van der Waals surface area contributed by atoms with Crippen molar-refractivity contribution in [2.45, 2.75) is 20.8 Å². The van der Waals surface area contributed by atoms with E-state index >= 15 is 0 Å². The molecule has 0 aliphatic rings. The quantitative estimate of drug-likeness (QED) is 0.574. The first-order valence-electron chi connectivity index (χ1n) is 8.71. The minimum atomic E-state index is -0.470. The number of halogens is 1. The maximum Gasteiger partial charge on any atom is 0.299 e. The predicted octanol–water partition coefficient (Wildman–Crippen LogP) is 2.79. The third-order valence-corrected chi connectivity index (χ3v) is 4.69. The van der Waals surface area contributed by atoms with Gasteiger partial charge in [0.05, 0.1) is 11.3 Å². The average molecular weight is 397 g/mol. The van der Waals surface area contributed by atoms with Crippen LogP contribution in [0.15, 0.2) is 41.3 Å². The predicted molar refractivity (Wildman–Crippen MR) is 107 cm³/mol. The Morgan fingerprint density at radius 3 is 2.54 bits per heavy atom. The molecular weight excluding hydrogens is 380 g/mol. The summed E-state index contributed by atoms with van der Waals surface area (Å²) < 4.78 is 2.71. The molecule has 0 saturated heterocycles. The monoisotopic (exact) mass is 396 g/mol. The zero-order valence-corrected chi connectivity index (χ0v) is 16.2. The van der Waals surface area contributed by atoms with Crippen LogP contribution in [0.2, 0.25) is 5.02 Å². The molecule has 4 aromatic rings. The highest BCUT2D eigenvalue weighted by molar-refractivity contribution is 6.30. The highest BCUT2D eigenvalue weighted by Crippen LogP contribution is 2.28. The fourth-order valence-corrected chi connectivity index (χ4v) is 3.07. The Bertz CT molecular complexity index is 1270. The van der Waals surface area contributed by atoms with Crippen molar-refractivity contribution in [2.24, 2.45) is 5.92 Å². The minimum Gasteiger partial charge on any atom is -0.273 e. The van der Waals surface area contributed by atoms with Crippen LogP contribution in [0.1, 0.15) is 19.5 Å². The van der Waals surface area contributed by atoms with Gasteiger partial charge in [0.1, 0.15) is 5.52 Å². The van der Waals surface area contributed by atoms with Crippen molar-refractivity contribution in [1.82, 2.24) is 24.5 Å². The molecule has 0 atom stereocenters. The van der Waals surface area contributed by atoms with Gasteiger partial charge in [0, 0.05) is 17.1 Å². The SMILES string of the molecule is Cc1nn2c(nnc3c(=O)n(NC(=O)C(C)C)ccc32)c1-c1ccc(Cl)cc1. The largest absolute Gasteiger partial charge is 0.299 e. The summed E-state index contributed by atoms with van der Waals surface area (Å²) in [6.07, 6.45) is 1.49. The van der Waals surface area contributed by atoms with Gasteiger partial charge in [-0.15, -0.1) is 10.2 Å². The molecule has 0 unspecified atom stereocenters. The molecule has 3 heterocycles. The number of carbonyl (C=O) groups excluding carboxylic acids is 1. The maximum absolute atomic E-state index is 12.7. The second kappa shape index (κ2) is 6.72. The number of hydrogen-bond donors (Lipinski definition) is 1. The van der Waals surface area contributed by atoms with Crippen molar-refractivity contribution >= 4 is 34.2 Å². The Morgan fingerprint density at radius 1 is 1.14 bits per heavy atom. The first kappa shape index (κ1) is 18.1. The third-order valence-electron chi connectivity index (χ3n) is 4.44. The normalized spacial score (nSPS) is 11.5. The summed E-state index contributed by atoms with van der Waals surface area (Å²) in [5.41, 5.74) is 5.72. The summed E-state index contributed by atoms with van der Waals surface area (Å²) in [6.45, 7) is 5.36. The van der Waals surface area contributed by atoms with Gasteiger partial charge in [-0.2, -0.15) is 5.10 Å². The van der Waals surface area contributed by atoms with Crippen LogP contribution in [0.5, 0.6) is 0 Å². The summed E-state index contributed by atoms with van der Waals surface area (Å²) in [6, 6.07) is 9.04. The van der Waals surface area contributed by atoms with Gasteiger partial charge in [0.25, 0.3) is 5.56 Å². The van der Waals surface area contributed by atoms with Crippen LogP contribution < -0.4 is 11.0 Å². The number of aryl methyl sites for hydroxylation is 1. The number of nitrogens with zero attached hydrogens (tertiary/aromatic N) is 5. The topological polar surface area (TPSA) is 94.2 Å². The van der Waals surface area contributed by atoms with E-state index < -0.39 is 5.56 Å². The van der Waals surface area contributed by atoms with Crippen LogP contribution in [-0.4, -0.2) is 30.4 Å². The fraction of sp³-hybridized carbons (Fsp3) is 0.211. The Hall–Kier alpha value is -3.26. The van der Waals surface area contributed by atoms with Crippen molar-refractivity contribution < 1.29 is 4.79 Å². The van der Waals surface area contributed by atoms with Crippen molar-refractivity contribution in [3.05, 3.63) is 57.6 Å². The number of aromatic nitrogens is 5. The highest BCUT2D eigenvalue weighted by atomic mass is 35.5. The first-order chi connectivity index (χ1) is 13.4. The molecule has 4 rings (SSSR count). The Morgan fingerprint density at radius 2 is 1.86 bits per heavy atom. The number of rotatable bonds is 3. The zero-order chi connectivity index (χ0) is 20.0. The molecule has 28 heavy (non-hydrogen) atoms. The Balaban J connectivity index is 1.90.